The predicted molar refractivity (Wildman–Crippen MR) is 350 cm³/mol. The van der Waals surface area contributed by atoms with Crippen LogP contribution in [0.25, 0.3) is 0 Å². The smallest absolute Gasteiger partial charge is 0.456 e. The van der Waals surface area contributed by atoms with Gasteiger partial charge in [0.1, 0.15) is 19.3 Å². The van der Waals surface area contributed by atoms with Crippen LogP contribution in [-0.2, 0) is 27.9 Å². The third-order valence-electron chi connectivity index (χ3n) is 14.4. The van der Waals surface area contributed by atoms with Crippen molar-refractivity contribution in [3.05, 3.63) is 109 Å². The molecule has 0 heterocycles. The summed E-state index contributed by atoms with van der Waals surface area (Å²) in [5.41, 5.74) is 0. The first-order valence-corrected chi connectivity index (χ1v) is 34.8. The van der Waals surface area contributed by atoms with E-state index < -0.39 is 20.0 Å². The van der Waals surface area contributed by atoms with Crippen molar-refractivity contribution in [2.75, 3.05) is 40.9 Å². The van der Waals surface area contributed by atoms with Crippen molar-refractivity contribution in [2.24, 2.45) is 0 Å². The van der Waals surface area contributed by atoms with Gasteiger partial charge in [0.05, 0.1) is 33.8 Å². The zero-order valence-corrected chi connectivity index (χ0v) is 54.1. The molecule has 0 aliphatic rings. The molecule has 81 heavy (non-hydrogen) atoms. The van der Waals surface area contributed by atoms with Crippen LogP contribution in [0.3, 0.4) is 0 Å². The van der Waals surface area contributed by atoms with E-state index in [9.17, 15) is 19.0 Å². The van der Waals surface area contributed by atoms with Crippen molar-refractivity contribution in [2.45, 2.75) is 290 Å². The lowest BCUT2D eigenvalue weighted by Gasteiger charge is -2.27. The number of likely N-dealkylation sites (N-methyl/N-ethyl adjacent to an activating group) is 1. The van der Waals surface area contributed by atoms with Crippen LogP contribution in [0.1, 0.15) is 278 Å². The number of rotatable bonds is 59. The van der Waals surface area contributed by atoms with Crippen LogP contribution in [0.4, 0.5) is 0 Å². The Balaban J connectivity index is 5.20. The average Bonchev–Trinajstić information content (AvgIpc) is 3.44. The van der Waals surface area contributed by atoms with Gasteiger partial charge in [-0.3, -0.25) is 18.6 Å². The Hall–Kier alpha value is -3.33. The van der Waals surface area contributed by atoms with Gasteiger partial charge in [-0.1, -0.05) is 291 Å². The number of hydrogen-bond donors (Lipinski definition) is 2. The molecule has 0 aromatic rings. The van der Waals surface area contributed by atoms with Gasteiger partial charge in [-0.05, 0) is 83.1 Å². The van der Waals surface area contributed by atoms with Gasteiger partial charge in [0, 0.05) is 12.8 Å². The molecule has 0 aliphatic heterocycles. The maximum Gasteiger partial charge on any atom is 0.472 e. The molecule has 0 saturated heterocycles. The van der Waals surface area contributed by atoms with Crippen LogP contribution in [0.15, 0.2) is 109 Å². The molecular weight excluding hydrogens is 1020 g/mol. The molecular formula is C71H126N2O7P+. The number of nitrogens with one attached hydrogen (secondary N) is 1. The first kappa shape index (κ1) is 77.7. The molecule has 1 amide bonds. The lowest BCUT2D eigenvalue weighted by Crippen LogP contribution is -2.47. The van der Waals surface area contributed by atoms with Gasteiger partial charge in [-0.2, -0.15) is 0 Å². The molecule has 0 rings (SSSR count). The van der Waals surface area contributed by atoms with Crippen LogP contribution in [0.5, 0.6) is 0 Å². The molecule has 0 aliphatic carbocycles. The number of phosphoric acid groups is 1. The van der Waals surface area contributed by atoms with Crippen molar-refractivity contribution in [1.82, 2.24) is 5.32 Å². The monoisotopic (exact) mass is 1150 g/mol. The zero-order chi connectivity index (χ0) is 59.3. The summed E-state index contributed by atoms with van der Waals surface area (Å²) in [4.78, 5) is 37.8. The predicted octanol–water partition coefficient (Wildman–Crippen LogP) is 20.9. The molecule has 0 spiro atoms. The normalized spacial score (nSPS) is 14.3. The number of carbonyl (C=O) groups excluding carboxylic acids is 2. The second kappa shape index (κ2) is 59.8. The van der Waals surface area contributed by atoms with Gasteiger partial charge >= 0.3 is 13.8 Å². The molecule has 0 radical (unpaired) electrons. The minimum Gasteiger partial charge on any atom is -0.456 e. The van der Waals surface area contributed by atoms with E-state index in [0.717, 1.165) is 70.6 Å². The Morgan fingerprint density at radius 1 is 0.457 bits per heavy atom. The van der Waals surface area contributed by atoms with Gasteiger partial charge in [-0.15, -0.1) is 0 Å². The molecule has 0 aromatic carbocycles. The van der Waals surface area contributed by atoms with E-state index >= 15 is 0 Å². The molecule has 3 unspecified atom stereocenters. The number of ether oxygens (including phenoxy) is 1. The fourth-order valence-corrected chi connectivity index (χ4v) is 9.97. The molecule has 0 bridgehead atoms. The van der Waals surface area contributed by atoms with Crippen LogP contribution in [-0.4, -0.2) is 74.3 Å². The standard InChI is InChI=1S/C71H125N2O7P/c1-7-10-13-16-19-22-25-28-30-32-33-34-35-36-37-38-39-41-43-46-49-52-55-58-61-64-71(75)80-69(62-59-56-53-50-47-44-27-24-21-18-15-12-9-3)68(67-79-81(76,77)78-66-65-73(4,5)6)72-70(74)63-60-57-54-51-48-45-42-40-31-29-26-23-20-17-14-11-8-2/h11,14,17,19-20,22-23,26,28-31,40,42,45,48,59,62,68-69H,7-10,12-13,15-16,18,21,24-25,27,32-39,41,43-44,46-47,49-58,60-61,63-67H2,1-6H3,(H-,72,74,76,77)/p+1/b14-11-,20-17+,22-19-,26-23+,30-28-,31-29-,42-40+,48-45+,62-59-. The number of quaternary nitrogens is 1. The second-order valence-corrected chi connectivity index (χ2v) is 24.9. The molecule has 3 atom stereocenters. The summed E-state index contributed by atoms with van der Waals surface area (Å²) in [5, 5.41) is 3.04. The minimum atomic E-state index is -4.47. The number of hydrogen-bond acceptors (Lipinski definition) is 6. The number of nitrogens with zero attached hydrogens (tertiary/aromatic N) is 1. The Kier molecular flexibility index (Phi) is 57.4. The number of allylic oxidation sites excluding steroid dienone is 17. The van der Waals surface area contributed by atoms with Gasteiger partial charge in [0.2, 0.25) is 5.91 Å². The lowest BCUT2D eigenvalue weighted by atomic mass is 10.0. The highest BCUT2D eigenvalue weighted by molar-refractivity contribution is 7.47. The average molecular weight is 1150 g/mol. The Morgan fingerprint density at radius 2 is 0.840 bits per heavy atom. The maximum atomic E-state index is 13.6. The minimum absolute atomic E-state index is 0.0263. The summed E-state index contributed by atoms with van der Waals surface area (Å²) >= 11 is 0. The Labute approximate surface area is 500 Å². The van der Waals surface area contributed by atoms with Crippen molar-refractivity contribution in [1.29, 1.82) is 0 Å². The van der Waals surface area contributed by atoms with Gasteiger partial charge in [0.25, 0.3) is 0 Å². The summed E-state index contributed by atoms with van der Waals surface area (Å²) in [6.45, 7) is 6.82. The maximum absolute atomic E-state index is 13.6. The fraction of sp³-hybridized carbons (Fsp3) is 0.718. The third kappa shape index (κ3) is 61.1. The van der Waals surface area contributed by atoms with E-state index in [0.29, 0.717) is 17.4 Å². The topological polar surface area (TPSA) is 111 Å². The summed E-state index contributed by atoms with van der Waals surface area (Å²) in [5.74, 6) is -0.556. The van der Waals surface area contributed by atoms with E-state index in [1.54, 1.807) is 0 Å². The van der Waals surface area contributed by atoms with Crippen LogP contribution < -0.4 is 5.32 Å². The fourth-order valence-electron chi connectivity index (χ4n) is 9.24. The van der Waals surface area contributed by atoms with Gasteiger partial charge in [-0.25, -0.2) is 4.57 Å². The van der Waals surface area contributed by atoms with E-state index in [2.05, 4.69) is 62.5 Å². The second-order valence-electron chi connectivity index (χ2n) is 23.4. The van der Waals surface area contributed by atoms with E-state index in [1.807, 2.05) is 94.1 Å². The van der Waals surface area contributed by atoms with Crippen molar-refractivity contribution in [3.63, 3.8) is 0 Å². The van der Waals surface area contributed by atoms with Gasteiger partial charge < -0.3 is 19.4 Å². The Morgan fingerprint density at radius 3 is 1.32 bits per heavy atom. The quantitative estimate of drug-likeness (QED) is 0.0156. The van der Waals surface area contributed by atoms with Crippen molar-refractivity contribution < 1.29 is 37.3 Å². The van der Waals surface area contributed by atoms with Crippen LogP contribution in [0, 0.1) is 0 Å². The number of amides is 1. The summed E-state index contributed by atoms with van der Waals surface area (Å²) < 4.78 is 30.7. The highest BCUT2D eigenvalue weighted by Crippen LogP contribution is 2.43. The van der Waals surface area contributed by atoms with E-state index in [4.69, 9.17) is 13.8 Å². The third-order valence-corrected chi connectivity index (χ3v) is 15.3. The summed E-state index contributed by atoms with van der Waals surface area (Å²) in [6, 6.07) is -0.878. The molecule has 466 valence electrons. The molecule has 0 saturated carbocycles. The van der Waals surface area contributed by atoms with E-state index in [1.165, 1.54) is 167 Å². The molecule has 10 heteroatoms. The summed E-state index contributed by atoms with van der Waals surface area (Å²) in [6.07, 6.45) is 82.4. The first-order valence-electron chi connectivity index (χ1n) is 33.3. The highest BCUT2D eigenvalue weighted by Gasteiger charge is 2.30. The number of carbonyl (C=O) groups is 2. The Bertz CT molecular complexity index is 1750. The van der Waals surface area contributed by atoms with Crippen LogP contribution in [0.2, 0.25) is 0 Å². The van der Waals surface area contributed by atoms with E-state index in [-0.39, 0.29) is 37.9 Å². The first-order chi connectivity index (χ1) is 39.4. The lowest BCUT2D eigenvalue weighted by molar-refractivity contribution is -0.870. The molecule has 0 fully saturated rings. The van der Waals surface area contributed by atoms with Crippen molar-refractivity contribution >= 4 is 19.7 Å². The molecule has 9 nitrogen and oxygen atoms in total. The largest absolute Gasteiger partial charge is 0.472 e. The van der Waals surface area contributed by atoms with Gasteiger partial charge in [0.15, 0.2) is 0 Å². The van der Waals surface area contributed by atoms with Crippen molar-refractivity contribution in [3.8, 4) is 0 Å². The number of esters is 1. The number of phosphoric ester groups is 1. The zero-order valence-electron chi connectivity index (χ0n) is 53.2. The SMILES string of the molecule is CC\C=C/C=C/C=C/C=C\C=C\C=C\CCCCCC(=O)NC(COP(=O)(O)OCC[N+](C)(C)C)C(/C=C\CCCCCCCCCCCCC)OC(=O)CCCCCCCCCCCCCCCCC/C=C\C/C=C\CCCCC. The summed E-state index contributed by atoms with van der Waals surface area (Å²) in [7, 11) is 1.45. The van der Waals surface area contributed by atoms with Crippen LogP contribution >= 0.6 is 7.82 Å². The molecule has 0 aromatic heterocycles. The number of unbranched alkanes of at least 4 members (excludes halogenated alkanes) is 32. The molecule has 2 N–H and O–H groups in total. The highest BCUT2D eigenvalue weighted by atomic mass is 31.2.